The van der Waals surface area contributed by atoms with Crippen molar-refractivity contribution in [3.05, 3.63) is 35.1 Å². The van der Waals surface area contributed by atoms with Gasteiger partial charge >= 0.3 is 6.18 Å². The fraction of sp³-hybridized carbons (Fsp3) is 0.600. The predicted octanol–water partition coefficient (Wildman–Crippen LogP) is 2.34. The molecule has 2 unspecified atom stereocenters. The fourth-order valence-electron chi connectivity index (χ4n) is 2.87. The molecule has 3 nitrogen and oxygen atoms in total. The van der Waals surface area contributed by atoms with Crippen LogP contribution in [-0.2, 0) is 6.18 Å². The minimum absolute atomic E-state index is 0.102. The first-order valence-corrected chi connectivity index (χ1v) is 7.28. The van der Waals surface area contributed by atoms with E-state index in [1.165, 1.54) is 0 Å². The summed E-state index contributed by atoms with van der Waals surface area (Å²) in [7, 11) is 0. The number of aliphatic hydroxyl groups excluding tert-OH is 1. The smallest absolute Gasteiger partial charge is 0.392 e. The molecule has 0 aliphatic carbocycles. The van der Waals surface area contributed by atoms with Crippen LogP contribution in [0.25, 0.3) is 0 Å². The summed E-state index contributed by atoms with van der Waals surface area (Å²) < 4.78 is 52.1. The van der Waals surface area contributed by atoms with Crippen LogP contribution in [-0.4, -0.2) is 42.3 Å². The normalized spacial score (nSPS) is 21.3. The summed E-state index contributed by atoms with van der Waals surface area (Å²) in [5, 5.41) is 9.73. The minimum atomic E-state index is -4.47. The zero-order chi connectivity index (χ0) is 16.3. The molecule has 124 valence electrons. The summed E-state index contributed by atoms with van der Waals surface area (Å²) in [5.74, 6) is -0.894. The van der Waals surface area contributed by atoms with Gasteiger partial charge in [0.05, 0.1) is 11.7 Å². The zero-order valence-corrected chi connectivity index (χ0v) is 12.1. The summed E-state index contributed by atoms with van der Waals surface area (Å²) >= 11 is 0. The Hall–Kier alpha value is -1.18. The number of nitrogens with two attached hydrogens (primary N) is 1. The lowest BCUT2D eigenvalue weighted by molar-refractivity contribution is -0.137. The standard InChI is InChI=1S/C15H20F4N2O/c16-14-2-1-11(15(17,18)19)7-13(14)10-4-6-21(8-10)9-12(22)3-5-20/h1-2,7,10,12,22H,3-6,8-9,20H2. The van der Waals surface area contributed by atoms with E-state index in [0.29, 0.717) is 39.0 Å². The highest BCUT2D eigenvalue weighted by molar-refractivity contribution is 5.30. The van der Waals surface area contributed by atoms with Crippen LogP contribution < -0.4 is 5.73 Å². The minimum Gasteiger partial charge on any atom is -0.392 e. The summed E-state index contributed by atoms with van der Waals surface area (Å²) in [6.45, 7) is 1.86. The highest BCUT2D eigenvalue weighted by Gasteiger charge is 2.33. The Morgan fingerprint density at radius 1 is 1.36 bits per heavy atom. The van der Waals surface area contributed by atoms with Crippen LogP contribution in [0.2, 0.25) is 0 Å². The molecule has 1 aliphatic rings. The first-order valence-electron chi connectivity index (χ1n) is 7.28. The van der Waals surface area contributed by atoms with Crippen molar-refractivity contribution in [3.63, 3.8) is 0 Å². The van der Waals surface area contributed by atoms with Crippen molar-refractivity contribution in [1.29, 1.82) is 0 Å². The number of halogens is 4. The number of rotatable bonds is 5. The molecule has 0 radical (unpaired) electrons. The molecule has 1 saturated heterocycles. The zero-order valence-electron chi connectivity index (χ0n) is 12.1. The van der Waals surface area contributed by atoms with E-state index in [0.717, 1.165) is 18.2 Å². The SMILES string of the molecule is NCCC(O)CN1CCC(c2cc(C(F)(F)F)ccc2F)C1. The number of β-amino-alcohol motifs (C(OH)–C–C–N with tert-alkyl or cyclic N) is 1. The van der Waals surface area contributed by atoms with Crippen LogP contribution in [0.4, 0.5) is 17.6 Å². The van der Waals surface area contributed by atoms with Gasteiger partial charge in [-0.1, -0.05) is 0 Å². The molecule has 0 saturated carbocycles. The van der Waals surface area contributed by atoms with E-state index < -0.39 is 23.7 Å². The Kier molecular flexibility index (Phi) is 5.41. The average molecular weight is 320 g/mol. The van der Waals surface area contributed by atoms with Crippen molar-refractivity contribution < 1.29 is 22.7 Å². The van der Waals surface area contributed by atoms with Gasteiger partial charge in [0.15, 0.2) is 0 Å². The molecule has 2 atom stereocenters. The Bertz CT molecular complexity index is 507. The summed E-state index contributed by atoms with van der Waals surface area (Å²) in [5.41, 5.74) is 4.64. The topological polar surface area (TPSA) is 49.5 Å². The molecule has 1 aromatic rings. The monoisotopic (exact) mass is 320 g/mol. The molecule has 1 aliphatic heterocycles. The lowest BCUT2D eigenvalue weighted by atomic mass is 9.96. The summed E-state index contributed by atoms with van der Waals surface area (Å²) in [6.07, 6.45) is -3.99. The largest absolute Gasteiger partial charge is 0.416 e. The van der Waals surface area contributed by atoms with Gasteiger partial charge in [0, 0.05) is 19.0 Å². The number of hydrogen-bond donors (Lipinski definition) is 2. The highest BCUT2D eigenvalue weighted by atomic mass is 19.4. The lowest BCUT2D eigenvalue weighted by Crippen LogP contribution is -2.31. The number of benzene rings is 1. The third kappa shape index (κ3) is 4.18. The molecule has 3 N–H and O–H groups in total. The average Bonchev–Trinajstić information content (AvgIpc) is 2.86. The fourth-order valence-corrected chi connectivity index (χ4v) is 2.87. The van der Waals surface area contributed by atoms with Crippen molar-refractivity contribution in [2.45, 2.75) is 31.0 Å². The van der Waals surface area contributed by atoms with Crippen molar-refractivity contribution >= 4 is 0 Å². The van der Waals surface area contributed by atoms with Gasteiger partial charge in [-0.3, -0.25) is 0 Å². The van der Waals surface area contributed by atoms with Crippen molar-refractivity contribution in [2.75, 3.05) is 26.2 Å². The number of aliphatic hydroxyl groups is 1. The molecule has 7 heteroatoms. The van der Waals surface area contributed by atoms with E-state index in [-0.39, 0.29) is 11.5 Å². The van der Waals surface area contributed by atoms with Gasteiger partial charge in [0.1, 0.15) is 5.82 Å². The van der Waals surface area contributed by atoms with E-state index in [1.807, 2.05) is 4.90 Å². The first-order chi connectivity index (χ1) is 10.3. The quantitative estimate of drug-likeness (QED) is 0.819. The van der Waals surface area contributed by atoms with Gasteiger partial charge in [0.2, 0.25) is 0 Å². The van der Waals surface area contributed by atoms with E-state index in [1.54, 1.807) is 0 Å². The molecule has 22 heavy (non-hydrogen) atoms. The van der Waals surface area contributed by atoms with Gasteiger partial charge in [-0.25, -0.2) is 4.39 Å². The number of alkyl halides is 3. The van der Waals surface area contributed by atoms with Crippen LogP contribution in [0.1, 0.15) is 29.9 Å². The van der Waals surface area contributed by atoms with Crippen LogP contribution >= 0.6 is 0 Å². The van der Waals surface area contributed by atoms with Crippen LogP contribution in [0, 0.1) is 5.82 Å². The molecule has 1 fully saturated rings. The van der Waals surface area contributed by atoms with Crippen molar-refractivity contribution in [2.24, 2.45) is 5.73 Å². The van der Waals surface area contributed by atoms with Crippen molar-refractivity contribution in [1.82, 2.24) is 4.90 Å². The van der Waals surface area contributed by atoms with Gasteiger partial charge in [-0.2, -0.15) is 13.2 Å². The molecule has 1 aromatic carbocycles. The molecule has 1 heterocycles. The third-order valence-corrected chi connectivity index (χ3v) is 4.00. The van der Waals surface area contributed by atoms with E-state index in [4.69, 9.17) is 5.73 Å². The Morgan fingerprint density at radius 3 is 2.73 bits per heavy atom. The molecule has 2 rings (SSSR count). The van der Waals surface area contributed by atoms with Crippen LogP contribution in [0.5, 0.6) is 0 Å². The van der Waals surface area contributed by atoms with Gasteiger partial charge in [0.25, 0.3) is 0 Å². The molecule has 0 aromatic heterocycles. The van der Waals surface area contributed by atoms with Gasteiger partial charge in [-0.05, 0) is 49.7 Å². The lowest BCUT2D eigenvalue weighted by Gasteiger charge is -2.20. The first kappa shape index (κ1) is 17.2. The van der Waals surface area contributed by atoms with E-state index >= 15 is 0 Å². The molecule has 0 bridgehead atoms. The van der Waals surface area contributed by atoms with E-state index in [2.05, 4.69) is 0 Å². The second-order valence-corrected chi connectivity index (χ2v) is 5.71. The predicted molar refractivity (Wildman–Crippen MR) is 74.9 cm³/mol. The van der Waals surface area contributed by atoms with Crippen LogP contribution in [0.3, 0.4) is 0 Å². The van der Waals surface area contributed by atoms with Crippen LogP contribution in [0.15, 0.2) is 18.2 Å². The number of hydrogen-bond acceptors (Lipinski definition) is 3. The second kappa shape index (κ2) is 6.93. The number of nitrogens with zero attached hydrogens (tertiary/aromatic N) is 1. The second-order valence-electron chi connectivity index (χ2n) is 5.71. The summed E-state index contributed by atoms with van der Waals surface area (Å²) in [4.78, 5) is 1.94. The maximum Gasteiger partial charge on any atom is 0.416 e. The van der Waals surface area contributed by atoms with E-state index in [9.17, 15) is 22.7 Å². The maximum absolute atomic E-state index is 13.9. The molecular formula is C15H20F4N2O. The Labute approximate surface area is 126 Å². The molecule has 0 spiro atoms. The highest BCUT2D eigenvalue weighted by Crippen LogP contribution is 2.35. The van der Waals surface area contributed by atoms with Gasteiger partial charge in [-0.15, -0.1) is 0 Å². The Balaban J connectivity index is 2.07. The molecule has 0 amide bonds. The molecular weight excluding hydrogens is 300 g/mol. The van der Waals surface area contributed by atoms with Gasteiger partial charge < -0.3 is 15.7 Å². The number of likely N-dealkylation sites (tertiary alicyclic amines) is 1. The van der Waals surface area contributed by atoms with Crippen molar-refractivity contribution in [3.8, 4) is 0 Å². The summed E-state index contributed by atoms with van der Waals surface area (Å²) in [6, 6.07) is 2.54. The third-order valence-electron chi connectivity index (χ3n) is 4.00. The Morgan fingerprint density at radius 2 is 2.09 bits per heavy atom. The maximum atomic E-state index is 13.9.